The van der Waals surface area contributed by atoms with Gasteiger partial charge in [0.2, 0.25) is 0 Å². The molecule has 2 aliphatic carbocycles. The molecule has 0 heterocycles. The number of guanidine groups is 1. The Morgan fingerprint density at radius 1 is 1.27 bits per heavy atom. The number of halogens is 1. The Balaban J connectivity index is 0.00000320. The summed E-state index contributed by atoms with van der Waals surface area (Å²) in [7, 11) is 1.80. The number of hydrogen-bond acceptors (Lipinski definition) is 4. The number of likely N-dealkylation sites (N-methyl/N-ethyl adjacent to an activating group) is 1. The zero-order chi connectivity index (χ0) is 20.7. The van der Waals surface area contributed by atoms with E-state index in [1.807, 2.05) is 31.2 Å². The van der Waals surface area contributed by atoms with E-state index in [2.05, 4.69) is 27.9 Å². The summed E-state index contributed by atoms with van der Waals surface area (Å²) in [6, 6.07) is 8.19. The minimum absolute atomic E-state index is 0. The number of rotatable bonds is 9. The van der Waals surface area contributed by atoms with Crippen LogP contribution in [-0.4, -0.2) is 50.8 Å². The van der Waals surface area contributed by atoms with Crippen LogP contribution in [0.2, 0.25) is 0 Å². The van der Waals surface area contributed by atoms with Crippen LogP contribution in [0.25, 0.3) is 0 Å². The molecule has 2 aliphatic rings. The lowest BCUT2D eigenvalue weighted by Gasteiger charge is -2.61. The molecule has 8 heteroatoms. The molecular weight excluding hydrogens is 495 g/mol. The Bertz CT molecular complexity index is 724. The van der Waals surface area contributed by atoms with Gasteiger partial charge in [-0.15, -0.1) is 24.0 Å². The fraction of sp³-hybridized carbons (Fsp3) is 0.636. The molecule has 1 aromatic carbocycles. The number of benzene rings is 1. The van der Waals surface area contributed by atoms with Crippen LogP contribution in [0, 0.1) is 5.41 Å². The maximum atomic E-state index is 11.6. The number of aliphatic imine (C=N–C) groups is 1. The van der Waals surface area contributed by atoms with E-state index in [0.29, 0.717) is 36.4 Å². The summed E-state index contributed by atoms with van der Waals surface area (Å²) in [6.07, 6.45) is 5.18. The van der Waals surface area contributed by atoms with Gasteiger partial charge in [0.15, 0.2) is 12.6 Å². The van der Waals surface area contributed by atoms with E-state index < -0.39 is 0 Å². The Morgan fingerprint density at radius 3 is 2.70 bits per heavy atom. The van der Waals surface area contributed by atoms with Crippen molar-refractivity contribution < 1.29 is 14.3 Å². The van der Waals surface area contributed by atoms with Crippen molar-refractivity contribution in [2.75, 3.05) is 26.8 Å². The first-order valence-corrected chi connectivity index (χ1v) is 10.7. The summed E-state index contributed by atoms with van der Waals surface area (Å²) in [5, 5.41) is 9.72. The lowest BCUT2D eigenvalue weighted by atomic mass is 9.51. The van der Waals surface area contributed by atoms with Crippen molar-refractivity contribution in [1.29, 1.82) is 0 Å². The van der Waals surface area contributed by atoms with Gasteiger partial charge in [0.05, 0.1) is 6.10 Å². The highest BCUT2D eigenvalue weighted by Gasteiger charge is 2.59. The zero-order valence-electron chi connectivity index (χ0n) is 18.2. The molecule has 2 saturated carbocycles. The number of nitrogens with zero attached hydrogens (tertiary/aromatic N) is 1. The number of ether oxygens (including phenoxy) is 2. The molecule has 1 amide bonds. The molecule has 3 N–H and O–H groups in total. The van der Waals surface area contributed by atoms with Crippen LogP contribution in [-0.2, 0) is 16.1 Å². The van der Waals surface area contributed by atoms with Crippen LogP contribution in [0.5, 0.6) is 5.75 Å². The third kappa shape index (κ3) is 5.78. The van der Waals surface area contributed by atoms with Crippen LogP contribution in [0.15, 0.2) is 29.3 Å². The average molecular weight is 530 g/mol. The van der Waals surface area contributed by atoms with Gasteiger partial charge >= 0.3 is 0 Å². The maximum absolute atomic E-state index is 11.6. The number of nitrogens with one attached hydrogen (secondary N) is 3. The van der Waals surface area contributed by atoms with E-state index in [1.165, 1.54) is 19.3 Å². The summed E-state index contributed by atoms with van der Waals surface area (Å²) in [5.41, 5.74) is 1.36. The van der Waals surface area contributed by atoms with E-state index in [9.17, 15) is 4.79 Å². The van der Waals surface area contributed by atoms with Crippen molar-refractivity contribution in [2.24, 2.45) is 10.4 Å². The lowest BCUT2D eigenvalue weighted by molar-refractivity contribution is -0.168. The molecule has 7 nitrogen and oxygen atoms in total. The topological polar surface area (TPSA) is 84.0 Å². The zero-order valence-corrected chi connectivity index (χ0v) is 20.5. The van der Waals surface area contributed by atoms with Gasteiger partial charge < -0.3 is 25.4 Å². The molecule has 0 bridgehead atoms. The minimum atomic E-state index is -0.114. The standard InChI is InChI=1S/C22H34N4O3.HI/c1-4-24-20(27)15-29-17-9-6-8-16(12-17)14-25-21(23-3)26-18-13-19(28-5-2)22(18)10-7-11-22;/h6,8-9,12,18-19H,4-5,7,10-11,13-15H2,1-3H3,(H,24,27)(H2,23,25,26);1H. The predicted octanol–water partition coefficient (Wildman–Crippen LogP) is 2.83. The molecule has 30 heavy (non-hydrogen) atoms. The number of carbonyl (C=O) groups is 1. The Labute approximate surface area is 196 Å². The maximum Gasteiger partial charge on any atom is 0.257 e. The average Bonchev–Trinajstić information content (AvgIpc) is 2.67. The van der Waals surface area contributed by atoms with Crippen LogP contribution < -0.4 is 20.7 Å². The van der Waals surface area contributed by atoms with Crippen molar-refractivity contribution in [1.82, 2.24) is 16.0 Å². The first-order valence-electron chi connectivity index (χ1n) is 10.7. The predicted molar refractivity (Wildman–Crippen MR) is 129 cm³/mol. The molecule has 1 spiro atoms. The second kappa shape index (κ2) is 11.7. The Kier molecular flexibility index (Phi) is 9.67. The third-order valence-corrected chi connectivity index (χ3v) is 6.07. The number of carbonyl (C=O) groups excluding carboxylic acids is 1. The van der Waals surface area contributed by atoms with Gasteiger partial charge in [0.1, 0.15) is 5.75 Å². The summed E-state index contributed by atoms with van der Waals surface area (Å²) < 4.78 is 11.5. The summed E-state index contributed by atoms with van der Waals surface area (Å²) in [5.74, 6) is 1.38. The molecule has 0 saturated heterocycles. The molecule has 3 rings (SSSR count). The summed E-state index contributed by atoms with van der Waals surface area (Å²) in [4.78, 5) is 15.9. The van der Waals surface area contributed by atoms with Crippen LogP contribution >= 0.6 is 24.0 Å². The van der Waals surface area contributed by atoms with E-state index in [0.717, 1.165) is 24.6 Å². The van der Waals surface area contributed by atoms with Gasteiger partial charge in [0, 0.05) is 38.2 Å². The molecule has 0 aliphatic heterocycles. The van der Waals surface area contributed by atoms with Crippen LogP contribution in [0.1, 0.15) is 45.1 Å². The monoisotopic (exact) mass is 530 g/mol. The summed E-state index contributed by atoms with van der Waals surface area (Å²) in [6.45, 7) is 6.00. The highest BCUT2D eigenvalue weighted by atomic mass is 127. The first kappa shape index (κ1) is 24.7. The van der Waals surface area contributed by atoms with Gasteiger partial charge in [-0.3, -0.25) is 9.79 Å². The Hall–Kier alpha value is -1.55. The molecule has 0 aromatic heterocycles. The SMILES string of the molecule is CCNC(=O)COc1cccc(CNC(=NC)NC2CC(OCC)C23CCC3)c1.I. The van der Waals surface area contributed by atoms with Crippen molar-refractivity contribution in [3.05, 3.63) is 29.8 Å². The minimum Gasteiger partial charge on any atom is -0.484 e. The second-order valence-corrected chi connectivity index (χ2v) is 7.78. The second-order valence-electron chi connectivity index (χ2n) is 7.78. The largest absolute Gasteiger partial charge is 0.484 e. The lowest BCUT2D eigenvalue weighted by Crippen LogP contribution is -2.68. The molecule has 2 fully saturated rings. The van der Waals surface area contributed by atoms with Crippen molar-refractivity contribution in [2.45, 2.75) is 58.2 Å². The van der Waals surface area contributed by atoms with E-state index in [1.54, 1.807) is 7.05 Å². The van der Waals surface area contributed by atoms with Crippen LogP contribution in [0.4, 0.5) is 0 Å². The fourth-order valence-electron chi connectivity index (χ4n) is 4.33. The van der Waals surface area contributed by atoms with Gasteiger partial charge in [0.25, 0.3) is 5.91 Å². The third-order valence-electron chi connectivity index (χ3n) is 6.07. The normalized spacial score (nSPS) is 21.6. The molecular formula is C22H35IN4O3. The molecule has 2 unspecified atom stereocenters. The van der Waals surface area contributed by atoms with Gasteiger partial charge in [-0.25, -0.2) is 0 Å². The number of hydrogen-bond donors (Lipinski definition) is 3. The highest BCUT2D eigenvalue weighted by Crippen LogP contribution is 2.57. The first-order chi connectivity index (χ1) is 14.1. The van der Waals surface area contributed by atoms with E-state index in [4.69, 9.17) is 9.47 Å². The van der Waals surface area contributed by atoms with E-state index >= 15 is 0 Å². The van der Waals surface area contributed by atoms with Crippen molar-refractivity contribution in [3.63, 3.8) is 0 Å². The molecule has 1 aromatic rings. The van der Waals surface area contributed by atoms with E-state index in [-0.39, 0.29) is 36.5 Å². The van der Waals surface area contributed by atoms with Crippen molar-refractivity contribution >= 4 is 35.8 Å². The van der Waals surface area contributed by atoms with Gasteiger partial charge in [-0.2, -0.15) is 0 Å². The van der Waals surface area contributed by atoms with Gasteiger partial charge in [-0.1, -0.05) is 18.6 Å². The van der Waals surface area contributed by atoms with Crippen molar-refractivity contribution in [3.8, 4) is 5.75 Å². The summed E-state index contributed by atoms with van der Waals surface area (Å²) >= 11 is 0. The highest BCUT2D eigenvalue weighted by molar-refractivity contribution is 14.0. The fourth-order valence-corrected chi connectivity index (χ4v) is 4.33. The quantitative estimate of drug-likeness (QED) is 0.260. The van der Waals surface area contributed by atoms with Gasteiger partial charge in [-0.05, 0) is 50.8 Å². The molecule has 168 valence electrons. The van der Waals surface area contributed by atoms with Crippen LogP contribution in [0.3, 0.4) is 0 Å². The smallest absolute Gasteiger partial charge is 0.257 e. The Morgan fingerprint density at radius 2 is 2.07 bits per heavy atom. The molecule has 2 atom stereocenters. The molecule has 0 radical (unpaired) electrons. The number of amides is 1.